The third-order valence-electron chi connectivity index (χ3n) is 5.88. The highest BCUT2D eigenvalue weighted by molar-refractivity contribution is 7.14. The number of piperazine rings is 1. The number of likely N-dealkylation sites (N-methyl/N-ethyl adjacent to an activating group) is 1. The van der Waals surface area contributed by atoms with Gasteiger partial charge in [0, 0.05) is 55.6 Å². The molecule has 1 aliphatic heterocycles. The third kappa shape index (κ3) is 5.73. The van der Waals surface area contributed by atoms with E-state index in [1.165, 1.54) is 11.3 Å². The second-order valence-corrected chi connectivity index (χ2v) is 9.78. The number of anilines is 2. The van der Waals surface area contributed by atoms with E-state index in [2.05, 4.69) is 22.1 Å². The van der Waals surface area contributed by atoms with Crippen molar-refractivity contribution in [3.63, 3.8) is 0 Å². The largest absolute Gasteiger partial charge is 0.340 e. The van der Waals surface area contributed by atoms with Crippen molar-refractivity contribution < 1.29 is 9.59 Å². The molecule has 7 nitrogen and oxygen atoms in total. The normalized spacial score (nSPS) is 16.8. The highest BCUT2D eigenvalue weighted by atomic mass is 35.5. The number of carbonyl (C=O) groups excluding carboxylic acids is 2. The van der Waals surface area contributed by atoms with Crippen LogP contribution >= 0.6 is 34.5 Å². The molecule has 2 amide bonds. The van der Waals surface area contributed by atoms with Gasteiger partial charge in [-0.15, -0.1) is 11.3 Å². The summed E-state index contributed by atoms with van der Waals surface area (Å²) >= 11 is 13.6. The van der Waals surface area contributed by atoms with Crippen molar-refractivity contribution in [3.05, 3.63) is 39.3 Å². The molecule has 2 fully saturated rings. The van der Waals surface area contributed by atoms with Crippen LogP contribution in [0.25, 0.3) is 0 Å². The standard InChI is InChI=1S/C22H27Cl2N5O2S/c1-2-27-9-11-28(12-10-27)20(30)7-8-29(16-4-5-16)21(31)19-14-32-22(26-19)25-18-13-15(23)3-6-17(18)24/h3,6,13-14,16H,2,4-5,7-12H2,1H3,(H,25,26). The molecule has 1 saturated carbocycles. The van der Waals surface area contributed by atoms with Gasteiger partial charge in [0.05, 0.1) is 10.7 Å². The number of rotatable bonds is 8. The van der Waals surface area contributed by atoms with E-state index in [0.29, 0.717) is 39.5 Å². The molecular formula is C22H27Cl2N5O2S. The molecule has 10 heteroatoms. The van der Waals surface area contributed by atoms with Crippen molar-refractivity contribution in [1.29, 1.82) is 0 Å². The van der Waals surface area contributed by atoms with Crippen molar-refractivity contribution in [2.75, 3.05) is 44.6 Å². The SMILES string of the molecule is CCN1CCN(C(=O)CCN(C(=O)c2csc(Nc3cc(Cl)ccc3Cl)n2)C2CC2)CC1. The van der Waals surface area contributed by atoms with Gasteiger partial charge >= 0.3 is 0 Å². The maximum Gasteiger partial charge on any atom is 0.273 e. The molecule has 2 aliphatic rings. The Hall–Kier alpha value is -1.87. The summed E-state index contributed by atoms with van der Waals surface area (Å²) in [5.74, 6) is -0.00646. The van der Waals surface area contributed by atoms with Crippen molar-refractivity contribution in [2.45, 2.75) is 32.2 Å². The zero-order valence-electron chi connectivity index (χ0n) is 18.0. The Balaban J connectivity index is 1.36. The lowest BCUT2D eigenvalue weighted by Crippen LogP contribution is -2.49. The minimum Gasteiger partial charge on any atom is -0.340 e. The smallest absolute Gasteiger partial charge is 0.273 e. The van der Waals surface area contributed by atoms with Crippen molar-refractivity contribution >= 4 is 57.2 Å². The van der Waals surface area contributed by atoms with Gasteiger partial charge in [-0.25, -0.2) is 4.98 Å². The molecule has 0 spiro atoms. The van der Waals surface area contributed by atoms with Crippen LogP contribution in [-0.4, -0.2) is 76.8 Å². The highest BCUT2D eigenvalue weighted by Gasteiger charge is 2.34. The first-order valence-electron chi connectivity index (χ1n) is 10.9. The molecule has 0 unspecified atom stereocenters. The lowest BCUT2D eigenvalue weighted by atomic mass is 10.2. The van der Waals surface area contributed by atoms with Gasteiger partial charge in [-0.05, 0) is 37.6 Å². The van der Waals surface area contributed by atoms with Crippen LogP contribution in [0.5, 0.6) is 0 Å². The molecule has 0 radical (unpaired) electrons. The van der Waals surface area contributed by atoms with Crippen LogP contribution in [0.1, 0.15) is 36.7 Å². The van der Waals surface area contributed by atoms with E-state index in [-0.39, 0.29) is 17.9 Å². The molecule has 1 N–H and O–H groups in total. The zero-order chi connectivity index (χ0) is 22.7. The van der Waals surface area contributed by atoms with E-state index in [1.54, 1.807) is 23.6 Å². The predicted molar refractivity (Wildman–Crippen MR) is 129 cm³/mol. The van der Waals surface area contributed by atoms with Gasteiger partial charge in [0.1, 0.15) is 5.69 Å². The number of amides is 2. The lowest BCUT2D eigenvalue weighted by molar-refractivity contribution is -0.133. The molecule has 0 bridgehead atoms. The summed E-state index contributed by atoms with van der Waals surface area (Å²) in [5.41, 5.74) is 1.02. The first-order valence-corrected chi connectivity index (χ1v) is 12.6. The minimum atomic E-state index is -0.127. The fourth-order valence-corrected chi connectivity index (χ4v) is 4.84. The van der Waals surface area contributed by atoms with Crippen LogP contribution in [-0.2, 0) is 4.79 Å². The monoisotopic (exact) mass is 495 g/mol. The lowest BCUT2D eigenvalue weighted by Gasteiger charge is -2.34. The summed E-state index contributed by atoms with van der Waals surface area (Å²) in [7, 11) is 0. The van der Waals surface area contributed by atoms with Crippen LogP contribution in [0.2, 0.25) is 10.0 Å². The van der Waals surface area contributed by atoms with Crippen molar-refractivity contribution in [3.8, 4) is 0 Å². The summed E-state index contributed by atoms with van der Waals surface area (Å²) in [6.45, 7) is 6.93. The Morgan fingerprint density at radius 3 is 2.66 bits per heavy atom. The van der Waals surface area contributed by atoms with Crippen molar-refractivity contribution in [2.24, 2.45) is 0 Å². The number of hydrogen-bond acceptors (Lipinski definition) is 6. The summed E-state index contributed by atoms with van der Waals surface area (Å²) in [4.78, 5) is 36.4. The van der Waals surface area contributed by atoms with Gasteiger partial charge in [-0.3, -0.25) is 9.59 Å². The van der Waals surface area contributed by atoms with E-state index in [1.807, 2.05) is 9.80 Å². The number of benzene rings is 1. The summed E-state index contributed by atoms with van der Waals surface area (Å²) in [6, 6.07) is 5.34. The van der Waals surface area contributed by atoms with E-state index in [9.17, 15) is 9.59 Å². The molecule has 1 aliphatic carbocycles. The van der Waals surface area contributed by atoms with Gasteiger partial charge in [-0.1, -0.05) is 30.1 Å². The second-order valence-electron chi connectivity index (χ2n) is 8.08. The Kier molecular flexibility index (Phi) is 7.55. The molecule has 4 rings (SSSR count). The number of halogens is 2. The van der Waals surface area contributed by atoms with Crippen LogP contribution in [0, 0.1) is 0 Å². The fourth-order valence-electron chi connectivity index (χ4n) is 3.81. The van der Waals surface area contributed by atoms with Crippen LogP contribution in [0.4, 0.5) is 10.8 Å². The second kappa shape index (κ2) is 10.4. The van der Waals surface area contributed by atoms with Crippen LogP contribution in [0.15, 0.2) is 23.6 Å². The van der Waals surface area contributed by atoms with Gasteiger partial charge in [0.25, 0.3) is 5.91 Å². The summed E-state index contributed by atoms with van der Waals surface area (Å²) in [5, 5.41) is 6.52. The van der Waals surface area contributed by atoms with E-state index in [0.717, 1.165) is 45.6 Å². The molecular weight excluding hydrogens is 469 g/mol. The quantitative estimate of drug-likeness (QED) is 0.589. The number of carbonyl (C=O) groups is 2. The molecule has 2 heterocycles. The predicted octanol–water partition coefficient (Wildman–Crippen LogP) is 4.35. The minimum absolute atomic E-state index is 0.121. The maximum absolute atomic E-state index is 13.1. The average Bonchev–Trinajstić information content (AvgIpc) is 3.53. The fraction of sp³-hybridized carbons (Fsp3) is 0.500. The number of nitrogens with zero attached hydrogens (tertiary/aromatic N) is 4. The molecule has 1 aromatic heterocycles. The average molecular weight is 496 g/mol. The molecule has 1 aromatic carbocycles. The molecule has 1 saturated heterocycles. The Morgan fingerprint density at radius 2 is 1.97 bits per heavy atom. The summed E-state index contributed by atoms with van der Waals surface area (Å²) < 4.78 is 0. The van der Waals surface area contributed by atoms with Gasteiger partial charge in [0.15, 0.2) is 5.13 Å². The van der Waals surface area contributed by atoms with Crippen LogP contribution < -0.4 is 5.32 Å². The molecule has 172 valence electrons. The van der Waals surface area contributed by atoms with E-state index < -0.39 is 0 Å². The number of nitrogens with one attached hydrogen (secondary N) is 1. The number of hydrogen-bond donors (Lipinski definition) is 1. The Morgan fingerprint density at radius 1 is 1.22 bits per heavy atom. The van der Waals surface area contributed by atoms with Gasteiger partial charge in [0.2, 0.25) is 5.91 Å². The number of aromatic nitrogens is 1. The van der Waals surface area contributed by atoms with Crippen LogP contribution in [0.3, 0.4) is 0 Å². The number of thiazole rings is 1. The first kappa shape index (κ1) is 23.3. The van der Waals surface area contributed by atoms with Crippen molar-refractivity contribution in [1.82, 2.24) is 19.7 Å². The maximum atomic E-state index is 13.1. The molecule has 2 aromatic rings. The van der Waals surface area contributed by atoms with E-state index >= 15 is 0 Å². The van der Waals surface area contributed by atoms with Gasteiger partial charge in [-0.2, -0.15) is 0 Å². The highest BCUT2D eigenvalue weighted by Crippen LogP contribution is 2.32. The Bertz CT molecular complexity index is 973. The topological polar surface area (TPSA) is 68.8 Å². The third-order valence-corrected chi connectivity index (χ3v) is 7.20. The molecule has 0 atom stereocenters. The zero-order valence-corrected chi connectivity index (χ0v) is 20.3. The molecule has 32 heavy (non-hydrogen) atoms. The summed E-state index contributed by atoms with van der Waals surface area (Å²) in [6.07, 6.45) is 2.30. The van der Waals surface area contributed by atoms with Gasteiger partial charge < -0.3 is 20.0 Å². The van der Waals surface area contributed by atoms with E-state index in [4.69, 9.17) is 23.2 Å². The first-order chi connectivity index (χ1) is 15.4. The Labute approximate surface area is 202 Å².